The average Bonchev–Trinajstić information content (AvgIpc) is 2.85. The zero-order valence-corrected chi connectivity index (χ0v) is 22.2. The molecule has 0 radical (unpaired) electrons. The molecule has 0 bridgehead atoms. The third-order valence-corrected chi connectivity index (χ3v) is 8.91. The quantitative estimate of drug-likeness (QED) is 0.358. The van der Waals surface area contributed by atoms with Crippen LogP contribution in [0.25, 0.3) is 0 Å². The van der Waals surface area contributed by atoms with Gasteiger partial charge in [-0.15, -0.1) is 0 Å². The van der Waals surface area contributed by atoms with E-state index in [9.17, 15) is 18.0 Å². The van der Waals surface area contributed by atoms with Crippen LogP contribution in [0.3, 0.4) is 0 Å². The summed E-state index contributed by atoms with van der Waals surface area (Å²) in [4.78, 5) is 26.3. The third kappa shape index (κ3) is 5.51. The number of nitrogens with one attached hydrogen (secondary N) is 1. The van der Waals surface area contributed by atoms with Gasteiger partial charge in [0.2, 0.25) is 10.0 Å². The summed E-state index contributed by atoms with van der Waals surface area (Å²) in [6.45, 7) is 2.41. The minimum atomic E-state index is -3.63. The monoisotopic (exact) mass is 574 g/mol. The van der Waals surface area contributed by atoms with E-state index in [-0.39, 0.29) is 27.8 Å². The first-order chi connectivity index (χ1) is 16.7. The van der Waals surface area contributed by atoms with Crippen molar-refractivity contribution in [2.24, 2.45) is 0 Å². The number of benzene rings is 3. The number of amides is 1. The molecule has 3 aromatic carbocycles. The standard InChI is InChI=1S/C26H24BrClN2O4S/c1-17-6-4-5-15-30(17)35(33,34)20-12-9-18(10-13-20)26(32)29-24-14-11-19(27)16-22(24)25(31)21-7-2-3-8-23(21)28/h2-3,7-14,16-17H,4-6,15H2,1H3,(H,29,32). The maximum absolute atomic E-state index is 13.2. The molecule has 1 atom stereocenters. The number of halogens is 2. The number of hydrogen-bond acceptors (Lipinski definition) is 4. The smallest absolute Gasteiger partial charge is 0.255 e. The molecule has 35 heavy (non-hydrogen) atoms. The molecule has 6 nitrogen and oxygen atoms in total. The van der Waals surface area contributed by atoms with Crippen molar-refractivity contribution in [3.63, 3.8) is 0 Å². The number of carbonyl (C=O) groups excluding carboxylic acids is 2. The Bertz CT molecular complexity index is 1380. The summed E-state index contributed by atoms with van der Waals surface area (Å²) in [6, 6.07) is 17.5. The van der Waals surface area contributed by atoms with Crippen LogP contribution in [0.2, 0.25) is 5.02 Å². The Morgan fingerprint density at radius 2 is 1.71 bits per heavy atom. The van der Waals surface area contributed by atoms with Gasteiger partial charge < -0.3 is 5.32 Å². The number of rotatable bonds is 6. The minimum absolute atomic E-state index is 0.0526. The van der Waals surface area contributed by atoms with Crippen molar-refractivity contribution in [3.8, 4) is 0 Å². The molecule has 0 aromatic heterocycles. The zero-order chi connectivity index (χ0) is 25.2. The van der Waals surface area contributed by atoms with E-state index in [1.54, 1.807) is 42.5 Å². The van der Waals surface area contributed by atoms with E-state index in [4.69, 9.17) is 11.6 Å². The predicted octanol–water partition coefficient (Wildman–Crippen LogP) is 6.15. The lowest BCUT2D eigenvalue weighted by molar-refractivity contribution is 0.102. The Kier molecular flexibility index (Phi) is 7.76. The lowest BCUT2D eigenvalue weighted by Gasteiger charge is -2.32. The Hall–Kier alpha value is -2.52. The molecule has 9 heteroatoms. The largest absolute Gasteiger partial charge is 0.321 e. The molecule has 4 rings (SSSR count). The molecule has 0 saturated carbocycles. The van der Waals surface area contributed by atoms with Gasteiger partial charge in [-0.05, 0) is 74.4 Å². The molecule has 1 N–H and O–H groups in total. The summed E-state index contributed by atoms with van der Waals surface area (Å²) in [6.07, 6.45) is 2.69. The highest BCUT2D eigenvalue weighted by atomic mass is 79.9. The van der Waals surface area contributed by atoms with Crippen LogP contribution in [0.4, 0.5) is 5.69 Å². The fourth-order valence-electron chi connectivity index (χ4n) is 4.14. The van der Waals surface area contributed by atoms with E-state index in [0.717, 1.165) is 19.3 Å². The van der Waals surface area contributed by atoms with Gasteiger partial charge in [-0.3, -0.25) is 9.59 Å². The molecule has 3 aromatic rings. The summed E-state index contributed by atoms with van der Waals surface area (Å²) in [5.74, 6) is -0.792. The maximum atomic E-state index is 13.2. The molecule has 0 aliphatic carbocycles. The first-order valence-electron chi connectivity index (χ1n) is 11.2. The van der Waals surface area contributed by atoms with Crippen LogP contribution >= 0.6 is 27.5 Å². The molecule has 1 saturated heterocycles. The van der Waals surface area contributed by atoms with Crippen LogP contribution in [-0.2, 0) is 10.0 Å². The van der Waals surface area contributed by atoms with Crippen LogP contribution in [-0.4, -0.2) is 37.0 Å². The first kappa shape index (κ1) is 25.6. The molecule has 1 heterocycles. The summed E-state index contributed by atoms with van der Waals surface area (Å²) in [5, 5.41) is 3.08. The lowest BCUT2D eigenvalue weighted by atomic mass is 10.0. The van der Waals surface area contributed by atoms with Crippen LogP contribution in [0.5, 0.6) is 0 Å². The molecule has 1 unspecified atom stereocenters. The molecule has 1 fully saturated rings. The Labute approximate surface area is 218 Å². The zero-order valence-electron chi connectivity index (χ0n) is 19.0. The van der Waals surface area contributed by atoms with Gasteiger partial charge in [0.05, 0.1) is 15.6 Å². The molecule has 1 aliphatic heterocycles. The normalized spacial score (nSPS) is 16.6. The Morgan fingerprint density at radius 3 is 2.40 bits per heavy atom. The predicted molar refractivity (Wildman–Crippen MR) is 141 cm³/mol. The maximum Gasteiger partial charge on any atom is 0.255 e. The van der Waals surface area contributed by atoms with Crippen molar-refractivity contribution in [3.05, 3.63) is 92.9 Å². The highest BCUT2D eigenvalue weighted by molar-refractivity contribution is 9.10. The summed E-state index contributed by atoms with van der Waals surface area (Å²) in [7, 11) is -3.63. The van der Waals surface area contributed by atoms with Gasteiger partial charge in [-0.25, -0.2) is 8.42 Å². The van der Waals surface area contributed by atoms with Crippen molar-refractivity contribution in [2.45, 2.75) is 37.1 Å². The Balaban J connectivity index is 1.57. The van der Waals surface area contributed by atoms with Crippen molar-refractivity contribution in [1.29, 1.82) is 0 Å². The van der Waals surface area contributed by atoms with Gasteiger partial charge in [0.25, 0.3) is 5.91 Å². The molecule has 1 amide bonds. The molecule has 1 aliphatic rings. The van der Waals surface area contributed by atoms with Crippen LogP contribution in [0.15, 0.2) is 76.1 Å². The van der Waals surface area contributed by atoms with Gasteiger partial charge in [0.15, 0.2) is 5.78 Å². The highest BCUT2D eigenvalue weighted by Crippen LogP contribution is 2.28. The van der Waals surface area contributed by atoms with Crippen molar-refractivity contribution < 1.29 is 18.0 Å². The molecular weight excluding hydrogens is 552 g/mol. The number of anilines is 1. The van der Waals surface area contributed by atoms with Gasteiger partial charge in [-0.2, -0.15) is 4.31 Å². The summed E-state index contributed by atoms with van der Waals surface area (Å²) in [5.41, 5.74) is 1.19. The van der Waals surface area contributed by atoms with E-state index in [0.29, 0.717) is 27.3 Å². The number of ketones is 1. The summed E-state index contributed by atoms with van der Waals surface area (Å²) < 4.78 is 28.3. The van der Waals surface area contributed by atoms with Crippen LogP contribution < -0.4 is 5.32 Å². The third-order valence-electron chi connectivity index (χ3n) is 6.06. The van der Waals surface area contributed by atoms with Crippen LogP contribution in [0.1, 0.15) is 52.5 Å². The fraction of sp³-hybridized carbons (Fsp3) is 0.231. The van der Waals surface area contributed by atoms with Crippen molar-refractivity contribution in [2.75, 3.05) is 11.9 Å². The number of carbonyl (C=O) groups is 2. The highest BCUT2D eigenvalue weighted by Gasteiger charge is 2.31. The van der Waals surface area contributed by atoms with Crippen molar-refractivity contribution >= 4 is 54.9 Å². The number of nitrogens with zero attached hydrogens (tertiary/aromatic N) is 1. The van der Waals surface area contributed by atoms with E-state index in [1.807, 2.05) is 6.92 Å². The van der Waals surface area contributed by atoms with Gasteiger partial charge in [0.1, 0.15) is 0 Å². The molecule has 182 valence electrons. The van der Waals surface area contributed by atoms with Crippen molar-refractivity contribution in [1.82, 2.24) is 4.31 Å². The second-order valence-electron chi connectivity index (χ2n) is 8.44. The molecule has 0 spiro atoms. The van der Waals surface area contributed by atoms with Crippen LogP contribution in [0, 0.1) is 0 Å². The number of piperidine rings is 1. The number of hydrogen-bond donors (Lipinski definition) is 1. The topological polar surface area (TPSA) is 83.6 Å². The van der Waals surface area contributed by atoms with E-state index in [1.165, 1.54) is 28.6 Å². The van der Waals surface area contributed by atoms with E-state index in [2.05, 4.69) is 21.2 Å². The lowest BCUT2D eigenvalue weighted by Crippen LogP contribution is -2.41. The first-order valence-corrected chi connectivity index (χ1v) is 13.8. The molecular formula is C26H24BrClN2O4S. The summed E-state index contributed by atoms with van der Waals surface area (Å²) >= 11 is 9.58. The van der Waals surface area contributed by atoms with E-state index < -0.39 is 15.9 Å². The Morgan fingerprint density at radius 1 is 1.00 bits per heavy atom. The SMILES string of the molecule is CC1CCCCN1S(=O)(=O)c1ccc(C(=O)Nc2ccc(Br)cc2C(=O)c2ccccc2Cl)cc1. The second-order valence-corrected chi connectivity index (χ2v) is 11.7. The second kappa shape index (κ2) is 10.6. The fourth-order valence-corrected chi connectivity index (χ4v) is 6.42. The average molecular weight is 576 g/mol. The minimum Gasteiger partial charge on any atom is -0.321 e. The van der Waals surface area contributed by atoms with Gasteiger partial charge in [-0.1, -0.05) is 46.1 Å². The van der Waals surface area contributed by atoms with E-state index >= 15 is 0 Å². The van der Waals surface area contributed by atoms with Gasteiger partial charge >= 0.3 is 0 Å². The number of sulfonamides is 1. The van der Waals surface area contributed by atoms with Gasteiger partial charge in [0, 0.05) is 33.7 Å².